The van der Waals surface area contributed by atoms with Gasteiger partial charge in [-0.25, -0.2) is 28.2 Å². The maximum absolute atomic E-state index is 12.0. The molecular weight excluding hydrogens is 492 g/mol. The van der Waals surface area contributed by atoms with Gasteiger partial charge in [0.25, 0.3) is 0 Å². The number of rotatable bonds is 6. The number of aromatic carboxylic acids is 1. The van der Waals surface area contributed by atoms with Gasteiger partial charge in [-0.05, 0) is 44.0 Å². The van der Waals surface area contributed by atoms with Crippen molar-refractivity contribution >= 4 is 49.9 Å². The average Bonchev–Trinajstić information content (AvgIpc) is 3.29. The molecule has 1 aliphatic rings. The van der Waals surface area contributed by atoms with Crippen molar-refractivity contribution in [3.05, 3.63) is 51.9 Å². The Morgan fingerprint density at radius 3 is 2.69 bits per heavy atom. The highest BCUT2D eigenvalue weighted by atomic mass is 35.5. The highest BCUT2D eigenvalue weighted by molar-refractivity contribution is 7.91. The molecular formula is C23H23ClN6O4S. The number of sulfone groups is 1. The highest BCUT2D eigenvalue weighted by Gasteiger charge is 2.32. The molecule has 4 rings (SSSR count). The fourth-order valence-electron chi connectivity index (χ4n) is 4.25. The van der Waals surface area contributed by atoms with Gasteiger partial charge in [0, 0.05) is 24.9 Å². The summed E-state index contributed by atoms with van der Waals surface area (Å²) in [5, 5.41) is 22.0. The van der Waals surface area contributed by atoms with Crippen molar-refractivity contribution in [3.63, 3.8) is 0 Å². The van der Waals surface area contributed by atoms with Gasteiger partial charge in [0.2, 0.25) is 0 Å². The number of carboxylic acids is 1. The Kier molecular flexibility index (Phi) is 6.53. The first kappa shape index (κ1) is 24.6. The zero-order valence-corrected chi connectivity index (χ0v) is 20.9. The average molecular weight is 515 g/mol. The smallest absolute Gasteiger partial charge is 0.356 e. The fraction of sp³-hybridized carbons (Fsp3) is 0.348. The monoisotopic (exact) mass is 514 g/mol. The van der Waals surface area contributed by atoms with Crippen molar-refractivity contribution in [1.82, 2.24) is 15.0 Å². The molecule has 0 amide bonds. The number of carboxylic acid groups (broad SMARTS) is 1. The molecule has 1 saturated heterocycles. The van der Waals surface area contributed by atoms with Crippen molar-refractivity contribution in [3.8, 4) is 6.07 Å². The van der Waals surface area contributed by atoms with Crippen LogP contribution in [0.5, 0.6) is 0 Å². The Morgan fingerprint density at radius 2 is 2.06 bits per heavy atom. The second-order valence-electron chi connectivity index (χ2n) is 8.62. The molecule has 2 aromatic heterocycles. The summed E-state index contributed by atoms with van der Waals surface area (Å²) < 4.78 is 24.1. The minimum atomic E-state index is -3.23. The summed E-state index contributed by atoms with van der Waals surface area (Å²) in [5.41, 5.74) is 2.89. The molecule has 1 aliphatic heterocycles. The predicted octanol–water partition coefficient (Wildman–Crippen LogP) is 3.35. The van der Waals surface area contributed by atoms with Gasteiger partial charge in [-0.1, -0.05) is 17.7 Å². The van der Waals surface area contributed by atoms with Gasteiger partial charge in [0.1, 0.15) is 11.2 Å². The molecule has 1 aromatic carbocycles. The third kappa shape index (κ3) is 4.99. The molecule has 10 nitrogen and oxygen atoms in total. The van der Waals surface area contributed by atoms with Crippen LogP contribution >= 0.6 is 11.6 Å². The van der Waals surface area contributed by atoms with Gasteiger partial charge < -0.3 is 15.3 Å². The molecule has 35 heavy (non-hydrogen) atoms. The van der Waals surface area contributed by atoms with E-state index < -0.39 is 27.1 Å². The molecule has 3 aromatic rings. The number of fused-ring (bicyclic) bond motifs is 1. The lowest BCUT2D eigenvalue weighted by atomic mass is 10.0. The van der Waals surface area contributed by atoms with Gasteiger partial charge in [0.05, 0.1) is 28.0 Å². The standard InChI is InChI=1S/C23H23ClN6O4S/c1-12-8-15(13(2)26-16-4-5-19(24)28-21(16)23(31)32)20-17(9-12)27-18(10-25)22(29-20)30-7-6-14(11-30)35(3,33)34/h4-5,8-9,13-14,26H,6-7,11H2,1-3H3,(H,31,32)/t13-,14-/m1/s1. The number of benzene rings is 1. The first-order chi connectivity index (χ1) is 16.5. The van der Waals surface area contributed by atoms with E-state index in [9.17, 15) is 23.6 Å². The van der Waals surface area contributed by atoms with Crippen LogP contribution in [0, 0.1) is 18.3 Å². The molecule has 0 spiro atoms. The first-order valence-corrected chi connectivity index (χ1v) is 13.1. The largest absolute Gasteiger partial charge is 0.476 e. The predicted molar refractivity (Wildman–Crippen MR) is 133 cm³/mol. The number of anilines is 2. The van der Waals surface area contributed by atoms with E-state index in [4.69, 9.17) is 16.6 Å². The van der Waals surface area contributed by atoms with Gasteiger partial charge >= 0.3 is 5.97 Å². The lowest BCUT2D eigenvalue weighted by Gasteiger charge is -2.22. The van der Waals surface area contributed by atoms with Gasteiger partial charge in [-0.2, -0.15) is 5.26 Å². The summed E-state index contributed by atoms with van der Waals surface area (Å²) in [6, 6.07) is 8.46. The van der Waals surface area contributed by atoms with Crippen molar-refractivity contribution in [1.29, 1.82) is 5.26 Å². The Morgan fingerprint density at radius 1 is 1.31 bits per heavy atom. The van der Waals surface area contributed by atoms with Crippen LogP contribution in [0.25, 0.3) is 11.0 Å². The second-order valence-corrected chi connectivity index (χ2v) is 11.3. The molecule has 182 valence electrons. The zero-order chi connectivity index (χ0) is 25.5. The van der Waals surface area contributed by atoms with E-state index in [1.807, 2.05) is 26.0 Å². The number of hydrogen-bond acceptors (Lipinski definition) is 9. The number of aryl methyl sites for hydroxylation is 1. The summed E-state index contributed by atoms with van der Waals surface area (Å²) in [4.78, 5) is 26.6. The third-order valence-electron chi connectivity index (χ3n) is 5.98. The number of hydrogen-bond donors (Lipinski definition) is 2. The molecule has 0 radical (unpaired) electrons. The zero-order valence-electron chi connectivity index (χ0n) is 19.3. The highest BCUT2D eigenvalue weighted by Crippen LogP contribution is 2.32. The second kappa shape index (κ2) is 9.28. The van der Waals surface area contributed by atoms with E-state index in [0.29, 0.717) is 35.5 Å². The van der Waals surface area contributed by atoms with Crippen molar-refractivity contribution < 1.29 is 18.3 Å². The molecule has 2 N–H and O–H groups in total. The van der Waals surface area contributed by atoms with Crippen LogP contribution in [0.3, 0.4) is 0 Å². The fourth-order valence-corrected chi connectivity index (χ4v) is 5.38. The molecule has 0 unspecified atom stereocenters. The minimum Gasteiger partial charge on any atom is -0.476 e. The van der Waals surface area contributed by atoms with Crippen molar-refractivity contribution in [2.45, 2.75) is 31.6 Å². The Hall–Kier alpha value is -3.49. The number of halogens is 1. The topological polar surface area (TPSA) is 149 Å². The lowest BCUT2D eigenvalue weighted by molar-refractivity contribution is 0.0691. The van der Waals surface area contributed by atoms with Crippen LogP contribution in [0.4, 0.5) is 11.5 Å². The summed E-state index contributed by atoms with van der Waals surface area (Å²) in [7, 11) is -3.23. The summed E-state index contributed by atoms with van der Waals surface area (Å²) in [6.45, 7) is 4.42. The van der Waals surface area contributed by atoms with E-state index >= 15 is 0 Å². The van der Waals surface area contributed by atoms with Crippen LogP contribution < -0.4 is 10.2 Å². The third-order valence-corrected chi connectivity index (χ3v) is 7.79. The Labute approximate surface area is 207 Å². The summed E-state index contributed by atoms with van der Waals surface area (Å²) in [5.74, 6) is -0.880. The quantitative estimate of drug-likeness (QED) is 0.469. The van der Waals surface area contributed by atoms with E-state index in [0.717, 1.165) is 11.1 Å². The maximum Gasteiger partial charge on any atom is 0.356 e. The molecule has 12 heteroatoms. The van der Waals surface area contributed by atoms with Gasteiger partial charge in [-0.15, -0.1) is 0 Å². The van der Waals surface area contributed by atoms with E-state index in [-0.39, 0.29) is 23.1 Å². The van der Waals surface area contributed by atoms with Crippen LogP contribution in [0.15, 0.2) is 24.3 Å². The van der Waals surface area contributed by atoms with Crippen LogP contribution in [0.1, 0.15) is 46.7 Å². The number of nitrogens with one attached hydrogen (secondary N) is 1. The lowest BCUT2D eigenvalue weighted by Crippen LogP contribution is -2.27. The van der Waals surface area contributed by atoms with Gasteiger partial charge in [0.15, 0.2) is 27.0 Å². The van der Waals surface area contributed by atoms with Crippen molar-refractivity contribution in [2.24, 2.45) is 0 Å². The van der Waals surface area contributed by atoms with Crippen LogP contribution in [-0.4, -0.2) is 59.0 Å². The Bertz CT molecular complexity index is 1490. The molecule has 0 bridgehead atoms. The molecule has 3 heterocycles. The summed E-state index contributed by atoms with van der Waals surface area (Å²) >= 11 is 5.87. The normalized spacial score (nSPS) is 16.8. The molecule has 0 saturated carbocycles. The molecule has 2 atom stereocenters. The number of pyridine rings is 1. The van der Waals surface area contributed by atoms with Gasteiger partial charge in [-0.3, -0.25) is 0 Å². The number of aromatic nitrogens is 3. The van der Waals surface area contributed by atoms with Crippen LogP contribution in [0.2, 0.25) is 5.15 Å². The van der Waals surface area contributed by atoms with Crippen molar-refractivity contribution in [2.75, 3.05) is 29.6 Å². The maximum atomic E-state index is 12.0. The van der Waals surface area contributed by atoms with Crippen LogP contribution in [-0.2, 0) is 9.84 Å². The molecule has 0 aliphatic carbocycles. The summed E-state index contributed by atoms with van der Waals surface area (Å²) in [6.07, 6.45) is 1.66. The van der Waals surface area contributed by atoms with E-state index in [1.165, 1.54) is 12.3 Å². The number of carbonyl (C=O) groups is 1. The van der Waals surface area contributed by atoms with E-state index in [1.54, 1.807) is 11.0 Å². The first-order valence-electron chi connectivity index (χ1n) is 10.8. The van der Waals surface area contributed by atoms with E-state index in [2.05, 4.69) is 21.4 Å². The Balaban J connectivity index is 1.78. The molecule has 1 fully saturated rings. The number of nitriles is 1. The number of nitrogens with zero attached hydrogens (tertiary/aromatic N) is 5. The minimum absolute atomic E-state index is 0.0687. The SMILES string of the molecule is Cc1cc([C@@H](C)Nc2ccc(Cl)nc2C(=O)O)c2nc(N3CC[C@@H](S(C)(=O)=O)C3)c(C#N)nc2c1.